The summed E-state index contributed by atoms with van der Waals surface area (Å²) < 4.78 is 14.6. The van der Waals surface area contributed by atoms with Gasteiger partial charge in [-0.2, -0.15) is 0 Å². The standard InChI is InChI=1S/C31H29ClFN5O2/c32-25-13-10-19(18-34-30(39)20-6-1-2-7-20)16-24(25)31(40)35-21-11-12-23-27(17-21)36-28(22-8-3-4-9-26(22)33)37-29(23)38-14-5-15-38/h3-4,8-13,16-17,20H,1-2,5-7,14-15,18H2,(H,34,39)(H,35,40). The van der Waals surface area contributed by atoms with Gasteiger partial charge in [0.2, 0.25) is 5.91 Å². The Labute approximate surface area is 236 Å². The van der Waals surface area contributed by atoms with E-state index in [0.717, 1.165) is 62.0 Å². The second-order valence-electron chi connectivity index (χ2n) is 10.4. The van der Waals surface area contributed by atoms with Crippen LogP contribution in [0.25, 0.3) is 22.3 Å². The molecule has 204 valence electrons. The quantitative estimate of drug-likeness (QED) is 0.276. The Morgan fingerprint density at radius 2 is 1.77 bits per heavy atom. The zero-order chi connectivity index (χ0) is 27.6. The molecule has 0 radical (unpaired) electrons. The fourth-order valence-corrected chi connectivity index (χ4v) is 5.50. The molecule has 2 fully saturated rings. The summed E-state index contributed by atoms with van der Waals surface area (Å²) in [4.78, 5) is 37.2. The van der Waals surface area contributed by atoms with Crippen LogP contribution in [-0.4, -0.2) is 34.9 Å². The van der Waals surface area contributed by atoms with Crippen molar-refractivity contribution in [2.24, 2.45) is 5.92 Å². The largest absolute Gasteiger partial charge is 0.356 e. The van der Waals surface area contributed by atoms with E-state index in [1.807, 2.05) is 12.1 Å². The molecule has 0 unspecified atom stereocenters. The maximum Gasteiger partial charge on any atom is 0.257 e. The SMILES string of the molecule is O=C(Nc1ccc2c(N3CCC3)nc(-c3ccccc3F)nc2c1)c1cc(CNC(=O)C2CCCC2)ccc1Cl. The molecule has 9 heteroatoms. The third-order valence-electron chi connectivity index (χ3n) is 7.67. The molecule has 1 aromatic heterocycles. The molecule has 1 saturated carbocycles. The normalized spacial score (nSPS) is 15.2. The van der Waals surface area contributed by atoms with Crippen molar-refractivity contribution in [1.82, 2.24) is 15.3 Å². The number of nitrogens with one attached hydrogen (secondary N) is 2. The summed E-state index contributed by atoms with van der Waals surface area (Å²) in [5.41, 5.74) is 2.55. The van der Waals surface area contributed by atoms with Gasteiger partial charge in [0.1, 0.15) is 11.6 Å². The summed E-state index contributed by atoms with van der Waals surface area (Å²) in [5.74, 6) is 0.417. The lowest BCUT2D eigenvalue weighted by Crippen LogP contribution is -2.37. The van der Waals surface area contributed by atoms with Crippen molar-refractivity contribution < 1.29 is 14.0 Å². The molecule has 0 atom stereocenters. The van der Waals surface area contributed by atoms with Crippen molar-refractivity contribution in [2.45, 2.75) is 38.6 Å². The highest BCUT2D eigenvalue weighted by molar-refractivity contribution is 6.34. The molecule has 0 bridgehead atoms. The first-order valence-electron chi connectivity index (χ1n) is 13.7. The van der Waals surface area contributed by atoms with E-state index in [1.165, 1.54) is 6.07 Å². The number of fused-ring (bicyclic) bond motifs is 1. The van der Waals surface area contributed by atoms with Gasteiger partial charge in [0, 0.05) is 36.6 Å². The van der Waals surface area contributed by atoms with E-state index < -0.39 is 5.82 Å². The number of anilines is 2. The number of halogens is 2. The monoisotopic (exact) mass is 557 g/mol. The van der Waals surface area contributed by atoms with Crippen LogP contribution in [0.3, 0.4) is 0 Å². The average molecular weight is 558 g/mol. The number of benzene rings is 3. The number of hydrogen-bond donors (Lipinski definition) is 2. The molecule has 3 aromatic carbocycles. The second kappa shape index (κ2) is 11.2. The molecule has 2 heterocycles. The number of aromatic nitrogens is 2. The molecule has 7 nitrogen and oxygen atoms in total. The van der Waals surface area contributed by atoms with Gasteiger partial charge in [-0.15, -0.1) is 0 Å². The first-order chi connectivity index (χ1) is 19.5. The molecule has 2 amide bonds. The minimum Gasteiger partial charge on any atom is -0.356 e. The summed E-state index contributed by atoms with van der Waals surface area (Å²) in [5, 5.41) is 7.04. The zero-order valence-corrected chi connectivity index (χ0v) is 22.7. The topological polar surface area (TPSA) is 87.2 Å². The highest BCUT2D eigenvalue weighted by Gasteiger charge is 2.23. The second-order valence-corrected chi connectivity index (χ2v) is 10.8. The molecule has 2 N–H and O–H groups in total. The van der Waals surface area contributed by atoms with Crippen LogP contribution in [0.15, 0.2) is 60.7 Å². The van der Waals surface area contributed by atoms with E-state index in [4.69, 9.17) is 16.6 Å². The fourth-order valence-electron chi connectivity index (χ4n) is 5.30. The lowest BCUT2D eigenvalue weighted by molar-refractivity contribution is -0.124. The first-order valence-corrected chi connectivity index (χ1v) is 14.0. The molecule has 4 aromatic rings. The summed E-state index contributed by atoms with van der Waals surface area (Å²) in [6.07, 6.45) is 5.11. The van der Waals surface area contributed by atoms with Gasteiger partial charge in [0.15, 0.2) is 5.82 Å². The van der Waals surface area contributed by atoms with Gasteiger partial charge in [0.25, 0.3) is 5.91 Å². The van der Waals surface area contributed by atoms with E-state index in [2.05, 4.69) is 20.5 Å². The van der Waals surface area contributed by atoms with Crippen LogP contribution in [0.5, 0.6) is 0 Å². The van der Waals surface area contributed by atoms with Crippen molar-refractivity contribution >= 4 is 45.8 Å². The van der Waals surface area contributed by atoms with Crippen molar-refractivity contribution in [3.8, 4) is 11.4 Å². The Morgan fingerprint density at radius 1 is 0.975 bits per heavy atom. The molecule has 2 aliphatic rings. The van der Waals surface area contributed by atoms with Crippen LogP contribution in [-0.2, 0) is 11.3 Å². The van der Waals surface area contributed by atoms with Crippen LogP contribution in [0.2, 0.25) is 5.02 Å². The Morgan fingerprint density at radius 3 is 2.52 bits per heavy atom. The number of amides is 2. The Bertz CT molecular complexity index is 1600. The third kappa shape index (κ3) is 5.36. The number of carbonyl (C=O) groups excluding carboxylic acids is 2. The van der Waals surface area contributed by atoms with Crippen LogP contribution in [0.1, 0.15) is 48.0 Å². The van der Waals surface area contributed by atoms with Gasteiger partial charge in [-0.25, -0.2) is 14.4 Å². The van der Waals surface area contributed by atoms with Gasteiger partial charge in [-0.05, 0) is 67.3 Å². The molecular formula is C31H29ClFN5O2. The molecule has 1 aliphatic carbocycles. The fraction of sp³-hybridized carbons (Fsp3) is 0.290. The van der Waals surface area contributed by atoms with Crippen molar-refractivity contribution in [3.05, 3.63) is 82.6 Å². The molecule has 1 aliphatic heterocycles. The van der Waals surface area contributed by atoms with Crippen LogP contribution >= 0.6 is 11.6 Å². The Kier molecular flexibility index (Phi) is 7.34. The summed E-state index contributed by atoms with van der Waals surface area (Å²) in [6, 6.07) is 17.1. The number of rotatable bonds is 7. The first kappa shape index (κ1) is 26.2. The predicted molar refractivity (Wildman–Crippen MR) is 155 cm³/mol. The maximum atomic E-state index is 14.6. The predicted octanol–water partition coefficient (Wildman–Crippen LogP) is 6.36. The lowest BCUT2D eigenvalue weighted by atomic mass is 10.1. The molecule has 40 heavy (non-hydrogen) atoms. The van der Waals surface area contributed by atoms with Gasteiger partial charge in [-0.3, -0.25) is 9.59 Å². The average Bonchev–Trinajstić information content (AvgIpc) is 3.47. The van der Waals surface area contributed by atoms with E-state index in [-0.39, 0.29) is 17.7 Å². The molecule has 6 rings (SSSR count). The van der Waals surface area contributed by atoms with Crippen molar-refractivity contribution in [1.29, 1.82) is 0 Å². The minimum absolute atomic E-state index is 0.0592. The smallest absolute Gasteiger partial charge is 0.257 e. The Hall–Kier alpha value is -4.04. The minimum atomic E-state index is -0.394. The molecule has 0 spiro atoms. The van der Waals surface area contributed by atoms with Gasteiger partial charge >= 0.3 is 0 Å². The van der Waals surface area contributed by atoms with Crippen molar-refractivity contribution in [3.63, 3.8) is 0 Å². The van der Waals surface area contributed by atoms with Gasteiger partial charge < -0.3 is 15.5 Å². The highest BCUT2D eigenvalue weighted by atomic mass is 35.5. The van der Waals surface area contributed by atoms with E-state index in [9.17, 15) is 14.0 Å². The maximum absolute atomic E-state index is 14.6. The zero-order valence-electron chi connectivity index (χ0n) is 21.9. The highest BCUT2D eigenvalue weighted by Crippen LogP contribution is 2.32. The summed E-state index contributed by atoms with van der Waals surface area (Å²) in [7, 11) is 0. The molecular weight excluding hydrogens is 529 g/mol. The summed E-state index contributed by atoms with van der Waals surface area (Å²) in [6.45, 7) is 2.08. The number of nitrogens with zero attached hydrogens (tertiary/aromatic N) is 3. The van der Waals surface area contributed by atoms with Crippen molar-refractivity contribution in [2.75, 3.05) is 23.3 Å². The Balaban J connectivity index is 1.25. The van der Waals surface area contributed by atoms with Crippen LogP contribution in [0, 0.1) is 11.7 Å². The van der Waals surface area contributed by atoms with Gasteiger partial charge in [-0.1, -0.05) is 42.6 Å². The van der Waals surface area contributed by atoms with E-state index in [0.29, 0.717) is 39.7 Å². The third-order valence-corrected chi connectivity index (χ3v) is 8.00. The summed E-state index contributed by atoms with van der Waals surface area (Å²) >= 11 is 6.39. The van der Waals surface area contributed by atoms with Crippen LogP contribution < -0.4 is 15.5 Å². The number of carbonyl (C=O) groups is 2. The van der Waals surface area contributed by atoms with Crippen LogP contribution in [0.4, 0.5) is 15.9 Å². The van der Waals surface area contributed by atoms with E-state index >= 15 is 0 Å². The van der Waals surface area contributed by atoms with E-state index in [1.54, 1.807) is 42.5 Å². The van der Waals surface area contributed by atoms with Gasteiger partial charge in [0.05, 0.1) is 21.7 Å². The molecule has 1 saturated heterocycles. The number of hydrogen-bond acceptors (Lipinski definition) is 5. The lowest BCUT2D eigenvalue weighted by Gasteiger charge is -2.33.